The topological polar surface area (TPSA) is 58.6 Å². The zero-order valence-corrected chi connectivity index (χ0v) is 11.1. The van der Waals surface area contributed by atoms with E-state index in [0.29, 0.717) is 19.5 Å². The van der Waals surface area contributed by atoms with Crippen molar-refractivity contribution in [3.63, 3.8) is 0 Å². The first-order valence-corrected chi connectivity index (χ1v) is 6.76. The molecule has 2 heterocycles. The second-order valence-corrected chi connectivity index (χ2v) is 5.42. The summed E-state index contributed by atoms with van der Waals surface area (Å²) in [5, 5.41) is 2.90. The van der Waals surface area contributed by atoms with E-state index < -0.39 is 0 Å². The molecule has 0 aromatic carbocycles. The standard InChI is InChI=1S/C13H22N2O3/c1-9(2)15-8-10(6-12(15)16)13(17)14-7-11-4-3-5-18-11/h9-11H,3-8H2,1-2H3,(H,14,17). The highest BCUT2D eigenvalue weighted by Gasteiger charge is 2.35. The summed E-state index contributed by atoms with van der Waals surface area (Å²) in [5.41, 5.74) is 0. The van der Waals surface area contributed by atoms with Crippen molar-refractivity contribution in [2.45, 2.75) is 45.3 Å². The average Bonchev–Trinajstić information content (AvgIpc) is 2.94. The van der Waals surface area contributed by atoms with Gasteiger partial charge < -0.3 is 15.0 Å². The third kappa shape index (κ3) is 3.02. The summed E-state index contributed by atoms with van der Waals surface area (Å²) < 4.78 is 5.45. The van der Waals surface area contributed by atoms with Gasteiger partial charge in [0.1, 0.15) is 0 Å². The van der Waals surface area contributed by atoms with Crippen LogP contribution in [0, 0.1) is 5.92 Å². The summed E-state index contributed by atoms with van der Waals surface area (Å²) >= 11 is 0. The lowest BCUT2D eigenvalue weighted by atomic mass is 10.1. The molecule has 102 valence electrons. The largest absolute Gasteiger partial charge is 0.376 e. The normalized spacial score (nSPS) is 28.2. The van der Waals surface area contributed by atoms with Gasteiger partial charge in [-0.25, -0.2) is 0 Å². The van der Waals surface area contributed by atoms with Crippen molar-refractivity contribution in [3.05, 3.63) is 0 Å². The maximum absolute atomic E-state index is 12.0. The molecule has 0 saturated carbocycles. The van der Waals surface area contributed by atoms with Gasteiger partial charge in [0.05, 0.1) is 12.0 Å². The molecule has 2 aliphatic rings. The predicted octanol–water partition coefficient (Wildman–Crippen LogP) is 0.538. The van der Waals surface area contributed by atoms with Crippen molar-refractivity contribution in [1.29, 1.82) is 0 Å². The van der Waals surface area contributed by atoms with Gasteiger partial charge in [-0.15, -0.1) is 0 Å². The molecule has 0 radical (unpaired) electrons. The Kier molecular flexibility index (Phi) is 4.22. The molecule has 2 fully saturated rings. The van der Waals surface area contributed by atoms with Gasteiger partial charge in [0.2, 0.25) is 11.8 Å². The quantitative estimate of drug-likeness (QED) is 0.796. The number of hydrogen-bond acceptors (Lipinski definition) is 3. The number of rotatable bonds is 4. The molecule has 2 rings (SSSR count). The van der Waals surface area contributed by atoms with Crippen LogP contribution in [0.25, 0.3) is 0 Å². The molecule has 18 heavy (non-hydrogen) atoms. The number of likely N-dealkylation sites (tertiary alicyclic amines) is 1. The van der Waals surface area contributed by atoms with Gasteiger partial charge in [-0.1, -0.05) is 0 Å². The summed E-state index contributed by atoms with van der Waals surface area (Å²) in [6.45, 7) is 5.87. The number of hydrogen-bond donors (Lipinski definition) is 1. The fourth-order valence-electron chi connectivity index (χ4n) is 2.57. The third-order valence-corrected chi connectivity index (χ3v) is 3.68. The molecular formula is C13H22N2O3. The lowest BCUT2D eigenvalue weighted by Crippen LogP contribution is -2.38. The Morgan fingerprint density at radius 1 is 1.56 bits per heavy atom. The minimum Gasteiger partial charge on any atom is -0.376 e. The molecule has 2 unspecified atom stereocenters. The van der Waals surface area contributed by atoms with Crippen molar-refractivity contribution in [1.82, 2.24) is 10.2 Å². The summed E-state index contributed by atoms with van der Waals surface area (Å²) in [6, 6.07) is 0.175. The van der Waals surface area contributed by atoms with Crippen LogP contribution >= 0.6 is 0 Å². The summed E-state index contributed by atoms with van der Waals surface area (Å²) in [5.74, 6) is -0.120. The average molecular weight is 254 g/mol. The third-order valence-electron chi connectivity index (χ3n) is 3.68. The minimum atomic E-state index is -0.193. The first kappa shape index (κ1) is 13.3. The molecular weight excluding hydrogens is 232 g/mol. The maximum atomic E-state index is 12.0. The first-order chi connectivity index (χ1) is 8.58. The van der Waals surface area contributed by atoms with Gasteiger partial charge in [-0.05, 0) is 26.7 Å². The zero-order valence-electron chi connectivity index (χ0n) is 11.1. The Bertz CT molecular complexity index is 324. The van der Waals surface area contributed by atoms with E-state index in [1.54, 1.807) is 4.90 Å². The highest BCUT2D eigenvalue weighted by Crippen LogP contribution is 2.20. The fourth-order valence-corrected chi connectivity index (χ4v) is 2.57. The van der Waals surface area contributed by atoms with Crippen molar-refractivity contribution < 1.29 is 14.3 Å². The zero-order chi connectivity index (χ0) is 13.1. The van der Waals surface area contributed by atoms with E-state index in [9.17, 15) is 9.59 Å². The van der Waals surface area contributed by atoms with Gasteiger partial charge >= 0.3 is 0 Å². The maximum Gasteiger partial charge on any atom is 0.225 e. The van der Waals surface area contributed by atoms with E-state index in [-0.39, 0.29) is 29.9 Å². The number of carbonyl (C=O) groups is 2. The predicted molar refractivity (Wildman–Crippen MR) is 66.9 cm³/mol. The Morgan fingerprint density at radius 2 is 2.33 bits per heavy atom. The molecule has 5 nitrogen and oxygen atoms in total. The number of nitrogens with zero attached hydrogens (tertiary/aromatic N) is 1. The molecule has 5 heteroatoms. The van der Waals surface area contributed by atoms with Crippen LogP contribution in [0.15, 0.2) is 0 Å². The summed E-state index contributed by atoms with van der Waals surface area (Å²) in [7, 11) is 0. The molecule has 0 aliphatic carbocycles. The van der Waals surface area contributed by atoms with Crippen molar-refractivity contribution >= 4 is 11.8 Å². The Labute approximate surface area is 108 Å². The van der Waals surface area contributed by atoms with Crippen molar-refractivity contribution in [2.75, 3.05) is 19.7 Å². The monoisotopic (exact) mass is 254 g/mol. The summed E-state index contributed by atoms with van der Waals surface area (Å²) in [4.78, 5) is 25.5. The van der Waals surface area contributed by atoms with Crippen LogP contribution in [0.1, 0.15) is 33.1 Å². The second-order valence-electron chi connectivity index (χ2n) is 5.42. The molecule has 0 spiro atoms. The molecule has 0 aromatic rings. The van der Waals surface area contributed by atoms with Crippen LogP contribution in [-0.4, -0.2) is 48.6 Å². The molecule has 1 N–H and O–H groups in total. The Balaban J connectivity index is 1.77. The number of ether oxygens (including phenoxy) is 1. The molecule has 2 atom stereocenters. The minimum absolute atomic E-state index is 0.0120. The van der Waals surface area contributed by atoms with Gasteiger partial charge in [-0.2, -0.15) is 0 Å². The van der Waals surface area contributed by atoms with Crippen LogP contribution in [-0.2, 0) is 14.3 Å². The number of nitrogens with one attached hydrogen (secondary N) is 1. The number of amides is 2. The van der Waals surface area contributed by atoms with Crippen LogP contribution in [0.5, 0.6) is 0 Å². The van der Waals surface area contributed by atoms with Gasteiger partial charge in [0.25, 0.3) is 0 Å². The fraction of sp³-hybridized carbons (Fsp3) is 0.846. The SMILES string of the molecule is CC(C)N1CC(C(=O)NCC2CCCO2)CC1=O. The van der Waals surface area contributed by atoms with E-state index >= 15 is 0 Å². The highest BCUT2D eigenvalue weighted by atomic mass is 16.5. The smallest absolute Gasteiger partial charge is 0.225 e. The van der Waals surface area contributed by atoms with Gasteiger partial charge in [0, 0.05) is 32.2 Å². The van der Waals surface area contributed by atoms with Gasteiger partial charge in [-0.3, -0.25) is 9.59 Å². The van der Waals surface area contributed by atoms with E-state index in [1.165, 1.54) is 0 Å². The molecule has 2 amide bonds. The van der Waals surface area contributed by atoms with Crippen LogP contribution in [0.3, 0.4) is 0 Å². The van der Waals surface area contributed by atoms with E-state index in [0.717, 1.165) is 19.4 Å². The van der Waals surface area contributed by atoms with Crippen molar-refractivity contribution in [3.8, 4) is 0 Å². The molecule has 2 saturated heterocycles. The second kappa shape index (κ2) is 5.69. The molecule has 0 aromatic heterocycles. The van der Waals surface area contributed by atoms with E-state index in [4.69, 9.17) is 4.74 Å². The van der Waals surface area contributed by atoms with Gasteiger partial charge in [0.15, 0.2) is 0 Å². The molecule has 2 aliphatic heterocycles. The Hall–Kier alpha value is -1.10. The lowest BCUT2D eigenvalue weighted by molar-refractivity contribution is -0.130. The van der Waals surface area contributed by atoms with E-state index in [1.807, 2.05) is 13.8 Å². The Morgan fingerprint density at radius 3 is 2.89 bits per heavy atom. The van der Waals surface area contributed by atoms with Crippen molar-refractivity contribution in [2.24, 2.45) is 5.92 Å². The van der Waals surface area contributed by atoms with Crippen LogP contribution in [0.2, 0.25) is 0 Å². The van der Waals surface area contributed by atoms with Crippen LogP contribution in [0.4, 0.5) is 0 Å². The first-order valence-electron chi connectivity index (χ1n) is 6.76. The highest BCUT2D eigenvalue weighted by molar-refractivity contribution is 5.89. The molecule has 0 bridgehead atoms. The summed E-state index contributed by atoms with van der Waals surface area (Å²) in [6.07, 6.45) is 2.59. The lowest BCUT2D eigenvalue weighted by Gasteiger charge is -2.21. The number of carbonyl (C=O) groups excluding carboxylic acids is 2. The van der Waals surface area contributed by atoms with E-state index in [2.05, 4.69) is 5.32 Å². The van der Waals surface area contributed by atoms with Crippen LogP contribution < -0.4 is 5.32 Å².